The molecule has 1 fully saturated rings. The maximum absolute atomic E-state index is 12.4. The second kappa shape index (κ2) is 4.42. The van der Waals surface area contributed by atoms with E-state index in [1.54, 1.807) is 0 Å². The van der Waals surface area contributed by atoms with Crippen LogP contribution in [-0.2, 0) is 0 Å². The predicted molar refractivity (Wildman–Crippen MR) is 68.6 cm³/mol. The second-order valence-electron chi connectivity index (χ2n) is 4.57. The number of Topliss-reactive ketones (excluding diaryl/α,β-unsaturated/α-hetero) is 1. The summed E-state index contributed by atoms with van der Waals surface area (Å²) in [5, 5.41) is 0. The Morgan fingerprint density at radius 2 is 2.06 bits per heavy atom. The van der Waals surface area contributed by atoms with Crippen molar-refractivity contribution < 1.29 is 9.53 Å². The number of fused-ring (bicyclic) bond motifs is 1. The van der Waals surface area contributed by atoms with Crippen molar-refractivity contribution >= 4 is 21.7 Å². The van der Waals surface area contributed by atoms with Gasteiger partial charge in [-0.15, -0.1) is 0 Å². The van der Waals surface area contributed by atoms with Crippen LogP contribution in [0.5, 0.6) is 5.75 Å². The van der Waals surface area contributed by atoms with Crippen molar-refractivity contribution in [2.75, 3.05) is 19.7 Å². The van der Waals surface area contributed by atoms with Crippen molar-refractivity contribution in [2.45, 2.75) is 18.9 Å². The number of carbonyl (C=O) groups is 1. The van der Waals surface area contributed by atoms with Crippen LogP contribution in [0.2, 0.25) is 0 Å². The van der Waals surface area contributed by atoms with Crippen LogP contribution >= 0.6 is 15.9 Å². The maximum atomic E-state index is 12.4. The van der Waals surface area contributed by atoms with Crippen molar-refractivity contribution in [2.24, 2.45) is 0 Å². The molecule has 0 N–H and O–H groups in total. The van der Waals surface area contributed by atoms with Crippen LogP contribution in [0.15, 0.2) is 22.7 Å². The number of rotatable bonds is 1. The van der Waals surface area contributed by atoms with E-state index in [0.717, 1.165) is 23.1 Å². The van der Waals surface area contributed by atoms with Gasteiger partial charge in [0.15, 0.2) is 5.78 Å². The standard InChI is InChI=1S/C13H14BrNO2/c14-9-3-4-10-12(7-9)17-8-11(13(10)16)15-5-1-2-6-15/h3-4,7,11H,1-2,5-6,8H2. The first-order valence-corrected chi connectivity index (χ1v) is 6.75. The second-order valence-corrected chi connectivity index (χ2v) is 5.49. The van der Waals surface area contributed by atoms with Gasteiger partial charge < -0.3 is 4.74 Å². The van der Waals surface area contributed by atoms with Gasteiger partial charge in [-0.05, 0) is 44.1 Å². The number of benzene rings is 1. The van der Waals surface area contributed by atoms with Crippen LogP contribution < -0.4 is 4.74 Å². The molecular weight excluding hydrogens is 282 g/mol. The smallest absolute Gasteiger partial charge is 0.187 e. The highest BCUT2D eigenvalue weighted by Gasteiger charge is 2.34. The van der Waals surface area contributed by atoms with E-state index >= 15 is 0 Å². The Bertz CT molecular complexity index is 455. The molecule has 1 aromatic carbocycles. The fourth-order valence-electron chi connectivity index (χ4n) is 2.57. The molecule has 0 spiro atoms. The molecule has 0 saturated carbocycles. The molecule has 3 rings (SSSR count). The molecule has 2 heterocycles. The van der Waals surface area contributed by atoms with Gasteiger partial charge >= 0.3 is 0 Å². The molecule has 1 aromatic rings. The highest BCUT2D eigenvalue weighted by Crippen LogP contribution is 2.30. The molecular formula is C13H14BrNO2. The number of hydrogen-bond donors (Lipinski definition) is 0. The van der Waals surface area contributed by atoms with Gasteiger partial charge in [0, 0.05) is 4.47 Å². The van der Waals surface area contributed by atoms with Crippen molar-refractivity contribution in [3.05, 3.63) is 28.2 Å². The molecule has 0 radical (unpaired) electrons. The predicted octanol–water partition coefficient (Wildman–Crippen LogP) is 2.49. The highest BCUT2D eigenvalue weighted by molar-refractivity contribution is 9.10. The molecule has 1 unspecified atom stereocenters. The number of halogens is 1. The molecule has 1 saturated heterocycles. The highest BCUT2D eigenvalue weighted by atomic mass is 79.9. The largest absolute Gasteiger partial charge is 0.491 e. The summed E-state index contributed by atoms with van der Waals surface area (Å²) >= 11 is 3.39. The number of ether oxygens (including phenoxy) is 1. The van der Waals surface area contributed by atoms with Gasteiger partial charge in [-0.2, -0.15) is 0 Å². The van der Waals surface area contributed by atoms with Crippen molar-refractivity contribution in [1.29, 1.82) is 0 Å². The third kappa shape index (κ3) is 2.00. The van der Waals surface area contributed by atoms with E-state index < -0.39 is 0 Å². The fourth-order valence-corrected chi connectivity index (χ4v) is 2.91. The zero-order valence-corrected chi connectivity index (χ0v) is 11.1. The lowest BCUT2D eigenvalue weighted by atomic mass is 10.00. The topological polar surface area (TPSA) is 29.5 Å². The van der Waals surface area contributed by atoms with Crippen LogP contribution in [0.25, 0.3) is 0 Å². The molecule has 0 amide bonds. The summed E-state index contributed by atoms with van der Waals surface area (Å²) in [7, 11) is 0. The lowest BCUT2D eigenvalue weighted by Crippen LogP contribution is -2.46. The lowest BCUT2D eigenvalue weighted by molar-refractivity contribution is 0.0719. The number of ketones is 1. The van der Waals surface area contributed by atoms with Crippen molar-refractivity contribution in [1.82, 2.24) is 4.90 Å². The van der Waals surface area contributed by atoms with Crippen molar-refractivity contribution in [3.63, 3.8) is 0 Å². The lowest BCUT2D eigenvalue weighted by Gasteiger charge is -2.30. The summed E-state index contributed by atoms with van der Waals surface area (Å²) in [4.78, 5) is 14.6. The van der Waals surface area contributed by atoms with Gasteiger partial charge in [0.2, 0.25) is 0 Å². The van der Waals surface area contributed by atoms with Crippen LogP contribution in [0, 0.1) is 0 Å². The van der Waals surface area contributed by atoms with Gasteiger partial charge in [-0.3, -0.25) is 9.69 Å². The third-order valence-electron chi connectivity index (χ3n) is 3.49. The average Bonchev–Trinajstić information content (AvgIpc) is 2.82. The summed E-state index contributed by atoms with van der Waals surface area (Å²) in [6, 6.07) is 5.54. The zero-order chi connectivity index (χ0) is 11.8. The number of nitrogens with zero attached hydrogens (tertiary/aromatic N) is 1. The molecule has 2 aliphatic rings. The molecule has 0 bridgehead atoms. The number of likely N-dealkylation sites (tertiary alicyclic amines) is 1. The first-order chi connectivity index (χ1) is 8.25. The molecule has 90 valence electrons. The van der Waals surface area contributed by atoms with Gasteiger partial charge in [-0.1, -0.05) is 15.9 Å². The SMILES string of the molecule is O=C1c2ccc(Br)cc2OCC1N1CCCC1. The Balaban J connectivity index is 1.89. The minimum absolute atomic E-state index is 0.0776. The molecule has 1 atom stereocenters. The van der Waals surface area contributed by atoms with E-state index in [4.69, 9.17) is 4.74 Å². The normalized spacial score (nSPS) is 24.5. The molecule has 3 nitrogen and oxygen atoms in total. The summed E-state index contributed by atoms with van der Waals surface area (Å²) in [6.45, 7) is 2.53. The number of carbonyl (C=O) groups excluding carboxylic acids is 1. The number of hydrogen-bond acceptors (Lipinski definition) is 3. The summed E-state index contributed by atoms with van der Waals surface area (Å²) in [5.41, 5.74) is 0.719. The third-order valence-corrected chi connectivity index (χ3v) is 3.98. The van der Waals surface area contributed by atoms with Gasteiger partial charge in [0.1, 0.15) is 18.4 Å². The Morgan fingerprint density at radius 1 is 1.29 bits per heavy atom. The molecule has 17 heavy (non-hydrogen) atoms. The molecule has 0 aromatic heterocycles. The quantitative estimate of drug-likeness (QED) is 0.797. The summed E-state index contributed by atoms with van der Waals surface area (Å²) in [6.07, 6.45) is 2.38. The Labute approximate surface area is 109 Å². The van der Waals surface area contributed by atoms with Crippen LogP contribution in [0.3, 0.4) is 0 Å². The molecule has 0 aliphatic carbocycles. The van der Waals surface area contributed by atoms with E-state index in [1.165, 1.54) is 12.8 Å². The molecule has 2 aliphatic heterocycles. The van der Waals surface area contributed by atoms with Crippen LogP contribution in [0.1, 0.15) is 23.2 Å². The van der Waals surface area contributed by atoms with Gasteiger partial charge in [0.05, 0.1) is 5.56 Å². The average molecular weight is 296 g/mol. The first-order valence-electron chi connectivity index (χ1n) is 5.96. The Kier molecular flexibility index (Phi) is 2.92. The minimum Gasteiger partial charge on any atom is -0.491 e. The van der Waals surface area contributed by atoms with E-state index in [1.807, 2.05) is 18.2 Å². The summed E-state index contributed by atoms with van der Waals surface area (Å²) < 4.78 is 6.66. The monoisotopic (exact) mass is 295 g/mol. The van der Waals surface area contributed by atoms with E-state index in [2.05, 4.69) is 20.8 Å². The van der Waals surface area contributed by atoms with Crippen molar-refractivity contribution in [3.8, 4) is 5.75 Å². The van der Waals surface area contributed by atoms with Gasteiger partial charge in [0.25, 0.3) is 0 Å². The fraction of sp³-hybridized carbons (Fsp3) is 0.462. The Hall–Kier alpha value is -0.870. The van der Waals surface area contributed by atoms with Gasteiger partial charge in [-0.25, -0.2) is 0 Å². The van der Waals surface area contributed by atoms with E-state index in [0.29, 0.717) is 12.4 Å². The van der Waals surface area contributed by atoms with Crippen LogP contribution in [0.4, 0.5) is 0 Å². The van der Waals surface area contributed by atoms with E-state index in [9.17, 15) is 4.79 Å². The van der Waals surface area contributed by atoms with E-state index in [-0.39, 0.29) is 11.8 Å². The zero-order valence-electron chi connectivity index (χ0n) is 9.49. The minimum atomic E-state index is -0.0776. The first kappa shape index (κ1) is 11.2. The Morgan fingerprint density at radius 3 is 2.82 bits per heavy atom. The van der Waals surface area contributed by atoms with Crippen LogP contribution in [-0.4, -0.2) is 36.4 Å². The summed E-state index contributed by atoms with van der Waals surface area (Å²) in [5.74, 6) is 0.917. The maximum Gasteiger partial charge on any atom is 0.187 e. The molecule has 4 heteroatoms.